The van der Waals surface area contributed by atoms with Gasteiger partial charge in [-0.2, -0.15) is 0 Å². The molecule has 3 aliphatic carbocycles. The summed E-state index contributed by atoms with van der Waals surface area (Å²) >= 11 is 0. The third-order valence-corrected chi connectivity index (χ3v) is 6.38. The van der Waals surface area contributed by atoms with Crippen molar-refractivity contribution in [2.45, 2.75) is 52.4 Å². The molecule has 0 amide bonds. The van der Waals surface area contributed by atoms with E-state index in [0.29, 0.717) is 5.41 Å². The molecule has 3 aliphatic rings. The summed E-state index contributed by atoms with van der Waals surface area (Å²) in [6.45, 7) is 12.6. The summed E-state index contributed by atoms with van der Waals surface area (Å²) in [6.07, 6.45) is 7.96. The lowest BCUT2D eigenvalue weighted by Gasteiger charge is -2.60. The fraction of sp³-hybridized carbons (Fsp3) is 1.00. The highest BCUT2D eigenvalue weighted by molar-refractivity contribution is 5.03. The molecule has 3 rings (SSSR count). The number of fused-ring (bicyclic) bond motifs is 2. The van der Waals surface area contributed by atoms with Crippen LogP contribution >= 0.6 is 0 Å². The maximum absolute atomic E-state index is 5.46. The third-order valence-electron chi connectivity index (χ3n) is 6.38. The molecular formula is C19H40N4. The number of nitrogens with two attached hydrogens (primary N) is 1. The van der Waals surface area contributed by atoms with Crippen LogP contribution in [0.1, 0.15) is 52.4 Å². The molecule has 3 saturated carbocycles. The Morgan fingerprint density at radius 1 is 0.870 bits per heavy atom. The van der Waals surface area contributed by atoms with E-state index in [-0.39, 0.29) is 0 Å². The molecule has 5 N–H and O–H groups in total. The van der Waals surface area contributed by atoms with Gasteiger partial charge in [-0.15, -0.1) is 0 Å². The van der Waals surface area contributed by atoms with Crippen molar-refractivity contribution in [3.8, 4) is 0 Å². The van der Waals surface area contributed by atoms with Crippen molar-refractivity contribution in [3.05, 3.63) is 0 Å². The van der Waals surface area contributed by atoms with E-state index in [4.69, 9.17) is 5.73 Å². The molecular weight excluding hydrogens is 284 g/mol. The zero-order chi connectivity index (χ0) is 16.5. The Bertz CT molecular complexity index is 316. The molecule has 0 aromatic rings. The summed E-state index contributed by atoms with van der Waals surface area (Å²) in [5, 5.41) is 10.7. The first-order chi connectivity index (χ1) is 11.2. The molecule has 136 valence electrons. The van der Waals surface area contributed by atoms with Crippen LogP contribution in [0.3, 0.4) is 0 Å². The highest BCUT2D eigenvalue weighted by Gasteiger charge is 2.53. The van der Waals surface area contributed by atoms with Crippen molar-refractivity contribution in [2.24, 2.45) is 28.9 Å². The fourth-order valence-electron chi connectivity index (χ4n) is 4.65. The molecule has 0 saturated heterocycles. The van der Waals surface area contributed by atoms with Gasteiger partial charge in [0, 0.05) is 0 Å². The molecule has 3 fully saturated rings. The van der Waals surface area contributed by atoms with Gasteiger partial charge in [0.25, 0.3) is 0 Å². The molecule has 0 aromatic heterocycles. The quantitative estimate of drug-likeness (QED) is 0.391. The predicted octanol–water partition coefficient (Wildman–Crippen LogP) is 1.96. The van der Waals surface area contributed by atoms with Gasteiger partial charge in [0.15, 0.2) is 0 Å². The summed E-state index contributed by atoms with van der Waals surface area (Å²) in [5.74, 6) is 2.94. The van der Waals surface area contributed by atoms with Crippen LogP contribution in [0.25, 0.3) is 0 Å². The Morgan fingerprint density at radius 3 is 2.04 bits per heavy atom. The highest BCUT2D eigenvalue weighted by Crippen LogP contribution is 2.61. The summed E-state index contributed by atoms with van der Waals surface area (Å²) in [4.78, 5) is 0. The smallest absolute Gasteiger partial charge is 0.00177 e. The van der Waals surface area contributed by atoms with Crippen LogP contribution in [0.2, 0.25) is 0 Å². The Hall–Kier alpha value is -0.160. The second-order valence-corrected chi connectivity index (χ2v) is 8.25. The van der Waals surface area contributed by atoms with E-state index in [1.54, 1.807) is 0 Å². The number of nitrogens with one attached hydrogen (secondary N) is 3. The van der Waals surface area contributed by atoms with Crippen LogP contribution in [0.5, 0.6) is 0 Å². The van der Waals surface area contributed by atoms with Gasteiger partial charge in [0.05, 0.1) is 0 Å². The second kappa shape index (κ2) is 9.97. The van der Waals surface area contributed by atoms with Crippen molar-refractivity contribution in [1.82, 2.24) is 16.0 Å². The van der Waals surface area contributed by atoms with Gasteiger partial charge in [0.1, 0.15) is 0 Å². The van der Waals surface area contributed by atoms with Gasteiger partial charge in [-0.1, -0.05) is 13.8 Å². The predicted molar refractivity (Wildman–Crippen MR) is 99.6 cm³/mol. The number of hydrogen-bond donors (Lipinski definition) is 4. The Kier molecular flexibility index (Phi) is 8.31. The fourth-order valence-corrected chi connectivity index (χ4v) is 4.65. The first kappa shape index (κ1) is 19.2. The molecule has 0 radical (unpaired) electrons. The normalized spacial score (nSPS) is 28.6. The van der Waals surface area contributed by atoms with E-state index in [9.17, 15) is 0 Å². The monoisotopic (exact) mass is 324 g/mol. The van der Waals surface area contributed by atoms with Crippen LogP contribution in [-0.4, -0.2) is 45.8 Å². The Labute approximate surface area is 143 Å². The van der Waals surface area contributed by atoms with E-state index in [2.05, 4.69) is 29.8 Å². The summed E-state index contributed by atoms with van der Waals surface area (Å²) in [6, 6.07) is 0. The lowest BCUT2D eigenvalue weighted by molar-refractivity contribution is -0.103. The topological polar surface area (TPSA) is 62.1 Å². The first-order valence-electron chi connectivity index (χ1n) is 9.98. The molecule has 3 unspecified atom stereocenters. The van der Waals surface area contributed by atoms with Crippen molar-refractivity contribution in [1.29, 1.82) is 0 Å². The molecule has 0 spiro atoms. The zero-order valence-electron chi connectivity index (χ0n) is 15.5. The summed E-state index contributed by atoms with van der Waals surface area (Å²) in [7, 11) is 0. The molecule has 4 heteroatoms. The van der Waals surface area contributed by atoms with E-state index < -0.39 is 0 Å². The molecule has 2 bridgehead atoms. The number of rotatable bonds is 13. The van der Waals surface area contributed by atoms with Crippen molar-refractivity contribution < 1.29 is 0 Å². The molecule has 23 heavy (non-hydrogen) atoms. The van der Waals surface area contributed by atoms with E-state index >= 15 is 0 Å². The minimum atomic E-state index is 0.629. The number of hydrogen-bond acceptors (Lipinski definition) is 4. The maximum atomic E-state index is 5.46. The standard InChI is InChI=1S/C19H40N4/c1-19(2)17-7-6-16(18(19)14-17)15-23-13-5-12-22-11-4-10-21-9-3-8-20/h16-18,21-23H,3-15,20H2,1-2H3. The van der Waals surface area contributed by atoms with E-state index in [1.165, 1.54) is 38.6 Å². The van der Waals surface area contributed by atoms with Crippen LogP contribution < -0.4 is 21.7 Å². The van der Waals surface area contributed by atoms with Crippen LogP contribution in [0.15, 0.2) is 0 Å². The van der Waals surface area contributed by atoms with Crippen LogP contribution in [0.4, 0.5) is 0 Å². The minimum absolute atomic E-state index is 0.629. The first-order valence-corrected chi connectivity index (χ1v) is 9.98. The van der Waals surface area contributed by atoms with Crippen molar-refractivity contribution in [2.75, 3.05) is 45.8 Å². The molecule has 0 heterocycles. The summed E-state index contributed by atoms with van der Waals surface area (Å²) < 4.78 is 0. The minimum Gasteiger partial charge on any atom is -0.330 e. The second-order valence-electron chi connectivity index (χ2n) is 8.25. The van der Waals surface area contributed by atoms with Gasteiger partial charge < -0.3 is 21.7 Å². The maximum Gasteiger partial charge on any atom is -0.00177 e. The summed E-state index contributed by atoms with van der Waals surface area (Å²) in [5.41, 5.74) is 6.09. The van der Waals surface area contributed by atoms with Crippen LogP contribution in [-0.2, 0) is 0 Å². The average molecular weight is 325 g/mol. The lowest BCUT2D eigenvalue weighted by atomic mass is 9.45. The SMILES string of the molecule is CC1(C)C2CCC(CNCCCNCCCNCCCN)C1C2. The molecule has 3 atom stereocenters. The largest absolute Gasteiger partial charge is 0.330 e. The molecule has 0 aliphatic heterocycles. The zero-order valence-corrected chi connectivity index (χ0v) is 15.5. The third kappa shape index (κ3) is 5.70. The van der Waals surface area contributed by atoms with Gasteiger partial charge in [-0.25, -0.2) is 0 Å². The average Bonchev–Trinajstić information content (AvgIpc) is 2.56. The highest BCUT2D eigenvalue weighted by atomic mass is 14.9. The van der Waals surface area contributed by atoms with Crippen LogP contribution in [0, 0.1) is 23.2 Å². The van der Waals surface area contributed by atoms with Gasteiger partial charge >= 0.3 is 0 Å². The van der Waals surface area contributed by atoms with E-state index in [0.717, 1.165) is 63.4 Å². The van der Waals surface area contributed by atoms with Gasteiger partial charge in [-0.3, -0.25) is 0 Å². The van der Waals surface area contributed by atoms with Gasteiger partial charge in [0.2, 0.25) is 0 Å². The molecule has 0 aromatic carbocycles. The van der Waals surface area contributed by atoms with Crippen molar-refractivity contribution >= 4 is 0 Å². The molecule has 4 nitrogen and oxygen atoms in total. The lowest BCUT2D eigenvalue weighted by Crippen LogP contribution is -2.54. The van der Waals surface area contributed by atoms with Crippen molar-refractivity contribution in [3.63, 3.8) is 0 Å². The van der Waals surface area contributed by atoms with E-state index in [1.807, 2.05) is 0 Å². The Balaban J connectivity index is 1.36. The van der Waals surface area contributed by atoms with Gasteiger partial charge in [-0.05, 0) is 108 Å². The Morgan fingerprint density at radius 2 is 1.48 bits per heavy atom.